The fraction of sp³-hybridized carbons (Fsp3) is 0.440. The summed E-state index contributed by atoms with van der Waals surface area (Å²) < 4.78 is 14.0. The summed E-state index contributed by atoms with van der Waals surface area (Å²) in [5.74, 6) is -2.28. The average Bonchev–Trinajstić information content (AvgIpc) is 3.30. The second kappa shape index (κ2) is 10.6. The van der Waals surface area contributed by atoms with E-state index in [0.29, 0.717) is 6.42 Å². The van der Waals surface area contributed by atoms with Crippen LogP contribution in [-0.2, 0) is 34.4 Å². The maximum atomic E-state index is 13.7. The molecule has 11 heteroatoms. The molecule has 0 bridgehead atoms. The van der Waals surface area contributed by atoms with Crippen LogP contribution in [0.4, 0.5) is 0 Å². The molecular formula is C25H30BN3O7. The van der Waals surface area contributed by atoms with Crippen LogP contribution in [0, 0.1) is 5.92 Å². The van der Waals surface area contributed by atoms with Gasteiger partial charge in [0.15, 0.2) is 12.4 Å². The molecule has 4 atom stereocenters. The molecule has 2 aromatic rings. The zero-order chi connectivity index (χ0) is 25.9. The monoisotopic (exact) mass is 495 g/mol. The maximum Gasteiger partial charge on any atom is 0.688 e. The Morgan fingerprint density at radius 1 is 1.17 bits per heavy atom. The molecule has 0 saturated carbocycles. The van der Waals surface area contributed by atoms with Crippen LogP contribution in [0.25, 0.3) is 0 Å². The van der Waals surface area contributed by atoms with E-state index in [4.69, 9.17) is 9.31 Å². The number of rotatable bonds is 10. The molecule has 2 aliphatic heterocycles. The summed E-state index contributed by atoms with van der Waals surface area (Å²) in [6.07, 6.45) is 4.13. The van der Waals surface area contributed by atoms with Crippen molar-refractivity contribution in [3.63, 3.8) is 0 Å². The van der Waals surface area contributed by atoms with Crippen LogP contribution in [-0.4, -0.2) is 59.1 Å². The van der Waals surface area contributed by atoms with E-state index in [1.807, 2.05) is 44.2 Å². The molecule has 1 N–H and O–H groups in total. The number of Topliss-reactive ketones (excluding diaryl/α,β-unsaturated/α-hetero) is 1. The topological polar surface area (TPSA) is 127 Å². The maximum absolute atomic E-state index is 13.7. The number of hydrogen-bond donors (Lipinski definition) is 1. The van der Waals surface area contributed by atoms with Crippen LogP contribution in [0.3, 0.4) is 0 Å². The Labute approximate surface area is 209 Å². The molecule has 190 valence electrons. The first-order valence-corrected chi connectivity index (χ1v) is 12.1. The highest BCUT2D eigenvalue weighted by atomic mass is 16.9. The predicted molar refractivity (Wildman–Crippen MR) is 130 cm³/mol. The number of benzene rings is 1. The van der Waals surface area contributed by atoms with Crippen molar-refractivity contribution < 1.29 is 32.8 Å². The molecule has 2 fully saturated rings. The summed E-state index contributed by atoms with van der Waals surface area (Å²) in [7, 11) is 0. The lowest BCUT2D eigenvalue weighted by Crippen LogP contribution is -2.51. The first-order chi connectivity index (χ1) is 17.2. The van der Waals surface area contributed by atoms with E-state index in [9.17, 15) is 19.2 Å². The quantitative estimate of drug-likeness (QED) is 0.393. The van der Waals surface area contributed by atoms with E-state index in [-0.39, 0.29) is 36.8 Å². The van der Waals surface area contributed by atoms with Gasteiger partial charge in [0.2, 0.25) is 6.10 Å². The Bertz CT molecular complexity index is 1130. The van der Waals surface area contributed by atoms with Gasteiger partial charge in [-0.05, 0) is 24.3 Å². The third kappa shape index (κ3) is 5.30. The summed E-state index contributed by atoms with van der Waals surface area (Å²) >= 11 is 0. The van der Waals surface area contributed by atoms with Gasteiger partial charge in [0.1, 0.15) is 5.69 Å². The highest BCUT2D eigenvalue weighted by molar-refractivity contribution is 6.69. The lowest BCUT2D eigenvalue weighted by atomic mass is 9.57. The van der Waals surface area contributed by atoms with Gasteiger partial charge in [0.05, 0.1) is 12.2 Å². The average molecular weight is 495 g/mol. The number of aromatic nitrogens is 2. The zero-order valence-corrected chi connectivity index (χ0v) is 20.6. The Hall–Kier alpha value is -3.60. The largest absolute Gasteiger partial charge is 0.688 e. The molecule has 1 aromatic carbocycles. The lowest BCUT2D eigenvalue weighted by Gasteiger charge is -2.37. The van der Waals surface area contributed by atoms with E-state index >= 15 is 0 Å². The number of nitrogens with zero attached hydrogens (tertiary/aromatic N) is 2. The molecule has 1 amide bonds. The van der Waals surface area contributed by atoms with E-state index in [2.05, 4.69) is 19.6 Å². The number of nitrogens with one attached hydrogen (secondary N) is 1. The molecular weight excluding hydrogens is 465 g/mol. The third-order valence-corrected chi connectivity index (χ3v) is 6.66. The Morgan fingerprint density at radius 3 is 2.58 bits per heavy atom. The van der Waals surface area contributed by atoms with Crippen LogP contribution in [0.15, 0.2) is 48.9 Å². The van der Waals surface area contributed by atoms with Crippen molar-refractivity contribution in [3.8, 4) is 0 Å². The minimum Gasteiger partial charge on any atom is -0.580 e. The second-order valence-electron chi connectivity index (χ2n) is 9.75. The van der Waals surface area contributed by atoms with Crippen LogP contribution in [0.5, 0.6) is 0 Å². The highest BCUT2D eigenvalue weighted by Gasteiger charge is 2.69. The van der Waals surface area contributed by atoms with Gasteiger partial charge >= 0.3 is 18.7 Å². The number of ketones is 1. The molecule has 0 aliphatic carbocycles. The summed E-state index contributed by atoms with van der Waals surface area (Å²) in [4.78, 5) is 59.2. The summed E-state index contributed by atoms with van der Waals surface area (Å²) in [5.41, 5.74) is 0.957. The third-order valence-electron chi connectivity index (χ3n) is 6.66. The van der Waals surface area contributed by atoms with Gasteiger partial charge in [-0.1, -0.05) is 50.6 Å². The summed E-state index contributed by atoms with van der Waals surface area (Å²) in [6, 6.07) is 8.45. The Kier molecular flexibility index (Phi) is 7.49. The van der Waals surface area contributed by atoms with Crippen LogP contribution in [0.1, 0.15) is 49.7 Å². The van der Waals surface area contributed by atoms with Crippen molar-refractivity contribution in [3.05, 3.63) is 60.2 Å². The fourth-order valence-electron chi connectivity index (χ4n) is 4.99. The van der Waals surface area contributed by atoms with Crippen molar-refractivity contribution in [2.24, 2.45) is 5.92 Å². The normalized spacial score (nSPS) is 23.1. The fourth-order valence-corrected chi connectivity index (χ4v) is 4.99. The molecule has 1 unspecified atom stereocenters. The minimum absolute atomic E-state index is 0.0623. The predicted octanol–water partition coefficient (Wildman–Crippen LogP) is 2.19. The smallest absolute Gasteiger partial charge is 0.580 e. The molecule has 3 heterocycles. The van der Waals surface area contributed by atoms with Gasteiger partial charge in [0, 0.05) is 25.1 Å². The first-order valence-electron chi connectivity index (χ1n) is 12.1. The molecule has 10 nitrogen and oxygen atoms in total. The molecule has 0 radical (unpaired) electrons. The number of hydrogen-bond acceptors (Lipinski definition) is 8. The zero-order valence-electron chi connectivity index (χ0n) is 20.6. The standard InChI is InChI=1S/C25H30BN3O7/c1-16(2)11-19(26-34-23(31)15-36(26)17(3)25(33)35-26)13-22(30)20(12-18-7-5-4-6-8-18)29-24(32)21-14-27-9-10-28-21/h4-10,14,16-17,19-20H,11-13,15H2,1-3H3,(H,29,32)/t17-,19-,20+,26?/m1/s1. The van der Waals surface area contributed by atoms with Crippen LogP contribution in [0.2, 0.25) is 5.82 Å². The van der Waals surface area contributed by atoms with Crippen LogP contribution >= 0.6 is 0 Å². The van der Waals surface area contributed by atoms with E-state index in [1.165, 1.54) is 18.6 Å². The SMILES string of the molecule is CC(C)C[C@H](CC(=O)[C@H](Cc1ccccc1)NC(=O)c1cnccn1)[B-]12OC(=O)C[O+]1[C@H](C)C(=O)O2. The summed E-state index contributed by atoms with van der Waals surface area (Å²) in [6.45, 7) is 2.89. The number of fused-ring (bicyclic) bond motifs is 1. The van der Waals surface area contributed by atoms with E-state index < -0.39 is 42.6 Å². The van der Waals surface area contributed by atoms with E-state index in [0.717, 1.165) is 5.56 Å². The van der Waals surface area contributed by atoms with Gasteiger partial charge < -0.3 is 18.9 Å². The molecule has 0 spiro atoms. The Morgan fingerprint density at radius 2 is 1.92 bits per heavy atom. The molecule has 36 heavy (non-hydrogen) atoms. The van der Waals surface area contributed by atoms with Crippen molar-refractivity contribution in [2.45, 2.75) is 58.0 Å². The van der Waals surface area contributed by atoms with E-state index in [1.54, 1.807) is 6.92 Å². The lowest BCUT2D eigenvalue weighted by molar-refractivity contribution is -0.146. The van der Waals surface area contributed by atoms with Gasteiger partial charge in [-0.3, -0.25) is 14.6 Å². The molecule has 2 aliphatic rings. The number of amides is 1. The van der Waals surface area contributed by atoms with Crippen molar-refractivity contribution in [2.75, 3.05) is 6.61 Å². The van der Waals surface area contributed by atoms with Crippen molar-refractivity contribution in [1.29, 1.82) is 0 Å². The highest BCUT2D eigenvalue weighted by Crippen LogP contribution is 2.47. The molecule has 2 saturated heterocycles. The Balaban J connectivity index is 1.61. The molecule has 4 rings (SSSR count). The first kappa shape index (κ1) is 25.5. The van der Waals surface area contributed by atoms with Crippen molar-refractivity contribution in [1.82, 2.24) is 15.3 Å². The van der Waals surface area contributed by atoms with Gasteiger partial charge in [-0.25, -0.2) is 14.6 Å². The minimum atomic E-state index is -2.56. The second-order valence-corrected chi connectivity index (χ2v) is 9.75. The van der Waals surface area contributed by atoms with Crippen LogP contribution < -0.4 is 5.32 Å². The van der Waals surface area contributed by atoms with Gasteiger partial charge in [-0.2, -0.15) is 0 Å². The summed E-state index contributed by atoms with van der Waals surface area (Å²) in [5, 5.41) is 2.79. The molecule has 1 aromatic heterocycles. The van der Waals surface area contributed by atoms with Gasteiger partial charge in [-0.15, -0.1) is 0 Å². The number of carbonyl (C=O) groups excluding carboxylic acids is 4. The number of carbonyl (C=O) groups is 4. The van der Waals surface area contributed by atoms with Gasteiger partial charge in [0.25, 0.3) is 5.91 Å². The van der Waals surface area contributed by atoms with Crippen molar-refractivity contribution >= 4 is 30.4 Å².